The molecule has 0 atom stereocenters. The van der Waals surface area contributed by atoms with Gasteiger partial charge in [-0.1, -0.05) is 30.3 Å². The van der Waals surface area contributed by atoms with Gasteiger partial charge in [0.15, 0.2) is 0 Å². The first-order valence-corrected chi connectivity index (χ1v) is 5.75. The van der Waals surface area contributed by atoms with E-state index in [9.17, 15) is 9.59 Å². The van der Waals surface area contributed by atoms with Crippen molar-refractivity contribution in [3.05, 3.63) is 35.9 Å². The zero-order valence-electron chi connectivity index (χ0n) is 9.93. The summed E-state index contributed by atoms with van der Waals surface area (Å²) in [6, 6.07) is 8.72. The van der Waals surface area contributed by atoms with Gasteiger partial charge >= 0.3 is 0 Å². The summed E-state index contributed by atoms with van der Waals surface area (Å²) in [6.45, 7) is 2.92. The van der Waals surface area contributed by atoms with Crippen molar-refractivity contribution >= 4 is 11.7 Å². The Hall–Kier alpha value is -1.68. The molecule has 0 radical (unpaired) electrons. The van der Waals surface area contributed by atoms with Gasteiger partial charge in [-0.2, -0.15) is 0 Å². The van der Waals surface area contributed by atoms with Crippen LogP contribution in [0.5, 0.6) is 0 Å². The Morgan fingerprint density at radius 3 is 2.18 bits per heavy atom. The molecule has 1 aliphatic heterocycles. The molecule has 90 valence electrons. The molecule has 1 aromatic carbocycles. The second-order valence-electron chi connectivity index (χ2n) is 4.29. The quantitative estimate of drug-likeness (QED) is 0.555. The van der Waals surface area contributed by atoms with Crippen LogP contribution in [-0.2, 0) is 4.79 Å². The molecule has 2 rings (SSSR count). The first-order chi connectivity index (χ1) is 8.18. The number of amides is 1. The van der Waals surface area contributed by atoms with Crippen LogP contribution >= 0.6 is 0 Å². The van der Waals surface area contributed by atoms with Crippen LogP contribution < -0.4 is 0 Å². The number of carbonyl (C=O) groups is 2. The molecule has 0 bridgehead atoms. The molecule has 0 unspecified atom stereocenters. The summed E-state index contributed by atoms with van der Waals surface area (Å²) < 4.78 is 0. The number of benzene rings is 1. The third-order valence-electron chi connectivity index (χ3n) is 3.02. The van der Waals surface area contributed by atoms with Gasteiger partial charge < -0.3 is 9.80 Å². The van der Waals surface area contributed by atoms with Gasteiger partial charge in [-0.05, 0) is 7.05 Å². The van der Waals surface area contributed by atoms with Gasteiger partial charge in [0.25, 0.3) is 5.91 Å². The average Bonchev–Trinajstić information content (AvgIpc) is 2.39. The molecule has 1 aliphatic rings. The molecule has 4 nitrogen and oxygen atoms in total. The number of nitrogens with zero attached hydrogens (tertiary/aromatic N) is 2. The molecule has 17 heavy (non-hydrogen) atoms. The molecule has 0 saturated carbocycles. The van der Waals surface area contributed by atoms with Crippen LogP contribution in [0.15, 0.2) is 30.3 Å². The van der Waals surface area contributed by atoms with E-state index in [0.717, 1.165) is 13.1 Å². The third-order valence-corrected chi connectivity index (χ3v) is 3.02. The predicted octanol–water partition coefficient (Wildman–Crippen LogP) is 0.643. The lowest BCUT2D eigenvalue weighted by Gasteiger charge is -2.31. The third kappa shape index (κ3) is 2.71. The summed E-state index contributed by atoms with van der Waals surface area (Å²) in [7, 11) is 2.01. The number of piperazine rings is 1. The van der Waals surface area contributed by atoms with Crippen LogP contribution in [0, 0.1) is 0 Å². The Morgan fingerprint density at radius 1 is 1.00 bits per heavy atom. The van der Waals surface area contributed by atoms with Crippen molar-refractivity contribution in [1.29, 1.82) is 0 Å². The number of likely N-dealkylation sites (N-methyl/N-ethyl adjacent to an activating group) is 1. The highest BCUT2D eigenvalue weighted by molar-refractivity contribution is 6.42. The SMILES string of the molecule is CN1CCN(C(=O)C(=O)c2ccccc2)CC1. The van der Waals surface area contributed by atoms with E-state index >= 15 is 0 Å². The zero-order valence-corrected chi connectivity index (χ0v) is 9.93. The van der Waals surface area contributed by atoms with E-state index in [1.54, 1.807) is 29.2 Å². The topological polar surface area (TPSA) is 40.6 Å². The number of ketones is 1. The Kier molecular flexibility index (Phi) is 3.54. The van der Waals surface area contributed by atoms with E-state index in [4.69, 9.17) is 0 Å². The second kappa shape index (κ2) is 5.10. The molecule has 1 amide bonds. The van der Waals surface area contributed by atoms with Gasteiger partial charge in [0.05, 0.1) is 0 Å². The predicted molar refractivity (Wildman–Crippen MR) is 64.8 cm³/mol. The summed E-state index contributed by atoms with van der Waals surface area (Å²) in [6.07, 6.45) is 0. The van der Waals surface area contributed by atoms with E-state index < -0.39 is 5.78 Å². The largest absolute Gasteiger partial charge is 0.333 e. The lowest BCUT2D eigenvalue weighted by molar-refractivity contribution is -0.127. The summed E-state index contributed by atoms with van der Waals surface area (Å²) in [5, 5.41) is 0. The van der Waals surface area contributed by atoms with Gasteiger partial charge in [-0.15, -0.1) is 0 Å². The van der Waals surface area contributed by atoms with Crippen molar-refractivity contribution in [2.75, 3.05) is 33.2 Å². The fraction of sp³-hybridized carbons (Fsp3) is 0.385. The zero-order chi connectivity index (χ0) is 12.3. The van der Waals surface area contributed by atoms with E-state index in [2.05, 4.69) is 4.90 Å². The van der Waals surface area contributed by atoms with Crippen LogP contribution in [0.25, 0.3) is 0 Å². The number of Topliss-reactive ketones (excluding diaryl/α,β-unsaturated/α-hetero) is 1. The van der Waals surface area contributed by atoms with Crippen LogP contribution in [0.3, 0.4) is 0 Å². The standard InChI is InChI=1S/C13H16N2O2/c1-14-7-9-15(10-8-14)13(17)12(16)11-5-3-2-4-6-11/h2-6H,7-10H2,1H3. The Morgan fingerprint density at radius 2 is 1.59 bits per heavy atom. The number of rotatable bonds is 2. The molecule has 0 aromatic heterocycles. The molecule has 1 saturated heterocycles. The van der Waals surface area contributed by atoms with Crippen molar-refractivity contribution in [1.82, 2.24) is 9.80 Å². The Labute approximate surface area is 101 Å². The van der Waals surface area contributed by atoms with Crippen molar-refractivity contribution in [2.24, 2.45) is 0 Å². The summed E-state index contributed by atoms with van der Waals surface area (Å²) in [4.78, 5) is 27.7. The van der Waals surface area contributed by atoms with Gasteiger partial charge in [0.1, 0.15) is 0 Å². The first-order valence-electron chi connectivity index (χ1n) is 5.75. The van der Waals surface area contributed by atoms with Crippen LogP contribution in [0.4, 0.5) is 0 Å². The smallest absolute Gasteiger partial charge is 0.295 e. The Bertz CT molecular complexity index is 409. The molecular formula is C13H16N2O2. The normalized spacial score (nSPS) is 16.9. The molecular weight excluding hydrogens is 216 g/mol. The average molecular weight is 232 g/mol. The van der Waals surface area contributed by atoms with Crippen LogP contribution in [0.1, 0.15) is 10.4 Å². The van der Waals surface area contributed by atoms with Gasteiger partial charge in [0.2, 0.25) is 5.78 Å². The minimum atomic E-state index is -0.407. The highest BCUT2D eigenvalue weighted by Gasteiger charge is 2.25. The highest BCUT2D eigenvalue weighted by Crippen LogP contribution is 2.06. The van der Waals surface area contributed by atoms with Crippen molar-refractivity contribution in [3.8, 4) is 0 Å². The van der Waals surface area contributed by atoms with E-state index in [0.29, 0.717) is 18.7 Å². The monoisotopic (exact) mass is 232 g/mol. The van der Waals surface area contributed by atoms with Crippen molar-refractivity contribution in [2.45, 2.75) is 0 Å². The molecule has 1 heterocycles. The molecule has 1 fully saturated rings. The molecule has 0 spiro atoms. The highest BCUT2D eigenvalue weighted by atomic mass is 16.2. The van der Waals surface area contributed by atoms with Gasteiger partial charge in [-0.25, -0.2) is 0 Å². The molecule has 4 heteroatoms. The molecule has 1 aromatic rings. The number of carbonyl (C=O) groups excluding carboxylic acids is 2. The Balaban J connectivity index is 2.03. The maximum absolute atomic E-state index is 12.0. The maximum atomic E-state index is 12.0. The van der Waals surface area contributed by atoms with E-state index in [1.165, 1.54) is 0 Å². The lowest BCUT2D eigenvalue weighted by Crippen LogP contribution is -2.49. The van der Waals surface area contributed by atoms with Crippen molar-refractivity contribution < 1.29 is 9.59 Å². The van der Waals surface area contributed by atoms with E-state index in [1.807, 2.05) is 13.1 Å². The maximum Gasteiger partial charge on any atom is 0.295 e. The minimum absolute atomic E-state index is 0.385. The fourth-order valence-corrected chi connectivity index (χ4v) is 1.87. The fourth-order valence-electron chi connectivity index (χ4n) is 1.87. The molecule has 0 aliphatic carbocycles. The summed E-state index contributed by atoms with van der Waals surface area (Å²) in [5.41, 5.74) is 0.469. The van der Waals surface area contributed by atoms with Crippen molar-refractivity contribution in [3.63, 3.8) is 0 Å². The van der Waals surface area contributed by atoms with Crippen LogP contribution in [-0.4, -0.2) is 54.7 Å². The first kappa shape index (κ1) is 11.8. The molecule has 0 N–H and O–H groups in total. The number of hydrogen-bond donors (Lipinski definition) is 0. The van der Waals surface area contributed by atoms with Gasteiger partial charge in [0, 0.05) is 31.7 Å². The lowest BCUT2D eigenvalue weighted by atomic mass is 10.1. The van der Waals surface area contributed by atoms with E-state index in [-0.39, 0.29) is 5.91 Å². The second-order valence-corrected chi connectivity index (χ2v) is 4.29. The summed E-state index contributed by atoms with van der Waals surface area (Å²) >= 11 is 0. The minimum Gasteiger partial charge on any atom is -0.333 e. The number of hydrogen-bond acceptors (Lipinski definition) is 3. The van der Waals surface area contributed by atoms with Crippen LogP contribution in [0.2, 0.25) is 0 Å². The summed E-state index contributed by atoms with van der Waals surface area (Å²) in [5.74, 6) is -0.792. The van der Waals surface area contributed by atoms with Gasteiger partial charge in [-0.3, -0.25) is 9.59 Å².